The van der Waals surface area contributed by atoms with Crippen molar-refractivity contribution >= 4 is 5.97 Å². The molecule has 0 aliphatic heterocycles. The zero-order valence-corrected chi connectivity index (χ0v) is 11.9. The first-order valence-corrected chi connectivity index (χ1v) is 7.16. The average molecular weight is 263 g/mol. The van der Waals surface area contributed by atoms with Crippen LogP contribution in [0.1, 0.15) is 51.0 Å². The molecular weight excluding hydrogens is 238 g/mol. The van der Waals surface area contributed by atoms with Crippen LogP contribution in [0.25, 0.3) is 0 Å². The maximum Gasteiger partial charge on any atom is 0.312 e. The van der Waals surface area contributed by atoms with Crippen molar-refractivity contribution in [2.24, 2.45) is 0 Å². The van der Waals surface area contributed by atoms with Crippen molar-refractivity contribution < 1.29 is 9.90 Å². The Bertz CT molecular complexity index is 364. The molecule has 0 bridgehead atoms. The molecule has 1 rings (SSSR count). The van der Waals surface area contributed by atoms with Gasteiger partial charge in [0.25, 0.3) is 0 Å². The molecule has 106 valence electrons. The molecule has 3 heteroatoms. The van der Waals surface area contributed by atoms with Gasteiger partial charge in [0.2, 0.25) is 0 Å². The first kappa shape index (κ1) is 15.7. The highest BCUT2D eigenvalue weighted by Gasteiger charge is 2.19. The Hall–Kier alpha value is -1.35. The Labute approximate surface area is 116 Å². The largest absolute Gasteiger partial charge is 0.481 e. The van der Waals surface area contributed by atoms with Gasteiger partial charge in [-0.15, -0.1) is 0 Å². The summed E-state index contributed by atoms with van der Waals surface area (Å²) in [7, 11) is 0. The van der Waals surface area contributed by atoms with Gasteiger partial charge in [-0.25, -0.2) is 0 Å². The molecule has 0 amide bonds. The van der Waals surface area contributed by atoms with E-state index >= 15 is 0 Å². The number of hydrogen-bond donors (Lipinski definition) is 2. The van der Waals surface area contributed by atoms with Gasteiger partial charge in [0.1, 0.15) is 0 Å². The van der Waals surface area contributed by atoms with Gasteiger partial charge in [0.05, 0.1) is 5.92 Å². The Kier molecular flexibility index (Phi) is 7.19. The van der Waals surface area contributed by atoms with Gasteiger partial charge in [-0.3, -0.25) is 4.79 Å². The summed E-state index contributed by atoms with van der Waals surface area (Å²) in [5, 5.41) is 12.7. The van der Waals surface area contributed by atoms with Crippen molar-refractivity contribution in [1.82, 2.24) is 5.32 Å². The third-order valence-corrected chi connectivity index (χ3v) is 3.41. The molecule has 0 fully saturated rings. The van der Waals surface area contributed by atoms with Crippen LogP contribution in [-0.2, 0) is 4.79 Å². The van der Waals surface area contributed by atoms with Gasteiger partial charge in [-0.1, -0.05) is 56.5 Å². The van der Waals surface area contributed by atoms with Crippen molar-refractivity contribution in [2.45, 2.75) is 51.5 Å². The summed E-state index contributed by atoms with van der Waals surface area (Å²) in [5.41, 5.74) is 0.864. The maximum absolute atomic E-state index is 11.3. The molecule has 2 N–H and O–H groups in total. The fourth-order valence-corrected chi connectivity index (χ4v) is 2.15. The molecular formula is C16H25NO2. The Morgan fingerprint density at radius 3 is 2.53 bits per heavy atom. The topological polar surface area (TPSA) is 49.3 Å². The molecule has 2 unspecified atom stereocenters. The molecule has 0 spiro atoms. The minimum Gasteiger partial charge on any atom is -0.481 e. The number of hydrogen-bond acceptors (Lipinski definition) is 2. The lowest BCUT2D eigenvalue weighted by atomic mass is 9.98. The predicted octanol–water partition coefficient (Wildman–Crippen LogP) is 3.41. The molecule has 0 aliphatic rings. The summed E-state index contributed by atoms with van der Waals surface area (Å²) in [6.45, 7) is 4.81. The number of nitrogens with one attached hydrogen (secondary N) is 1. The second kappa shape index (κ2) is 8.70. The van der Waals surface area contributed by atoms with E-state index in [1.807, 2.05) is 30.3 Å². The molecule has 2 atom stereocenters. The molecule has 0 saturated heterocycles. The normalized spacial score (nSPS) is 14.0. The molecule has 0 saturated carbocycles. The van der Waals surface area contributed by atoms with Crippen LogP contribution < -0.4 is 5.32 Å². The van der Waals surface area contributed by atoms with Crippen molar-refractivity contribution in [3.63, 3.8) is 0 Å². The summed E-state index contributed by atoms with van der Waals surface area (Å²) in [5.74, 6) is -1.23. The van der Waals surface area contributed by atoms with E-state index in [-0.39, 0.29) is 0 Å². The van der Waals surface area contributed by atoms with Gasteiger partial charge >= 0.3 is 5.97 Å². The maximum atomic E-state index is 11.3. The zero-order valence-electron chi connectivity index (χ0n) is 11.9. The van der Waals surface area contributed by atoms with Crippen LogP contribution in [0.5, 0.6) is 0 Å². The van der Waals surface area contributed by atoms with Gasteiger partial charge in [-0.05, 0) is 18.9 Å². The quantitative estimate of drug-likeness (QED) is 0.671. The van der Waals surface area contributed by atoms with Crippen molar-refractivity contribution in [2.75, 3.05) is 6.54 Å². The van der Waals surface area contributed by atoms with E-state index in [1.165, 1.54) is 19.3 Å². The fraction of sp³-hybridized carbons (Fsp3) is 0.562. The van der Waals surface area contributed by atoms with Crippen LogP contribution in [0, 0.1) is 0 Å². The van der Waals surface area contributed by atoms with Crippen LogP contribution >= 0.6 is 0 Å². The highest BCUT2D eigenvalue weighted by molar-refractivity contribution is 5.76. The number of carboxylic acids is 1. The second-order valence-electron chi connectivity index (χ2n) is 5.11. The summed E-state index contributed by atoms with van der Waals surface area (Å²) in [6, 6.07) is 9.80. The zero-order chi connectivity index (χ0) is 14.1. The lowest BCUT2D eigenvalue weighted by Crippen LogP contribution is -2.33. The van der Waals surface area contributed by atoms with Crippen LogP contribution in [0.15, 0.2) is 30.3 Å². The lowest BCUT2D eigenvalue weighted by molar-refractivity contribution is -0.138. The molecule has 0 aliphatic carbocycles. The van der Waals surface area contributed by atoms with E-state index < -0.39 is 11.9 Å². The number of carbonyl (C=O) groups is 1. The third kappa shape index (κ3) is 5.88. The van der Waals surface area contributed by atoms with Gasteiger partial charge < -0.3 is 10.4 Å². The van der Waals surface area contributed by atoms with Crippen molar-refractivity contribution in [1.29, 1.82) is 0 Å². The van der Waals surface area contributed by atoms with Crippen molar-refractivity contribution in [3.8, 4) is 0 Å². The van der Waals surface area contributed by atoms with E-state index in [0.29, 0.717) is 12.6 Å². The standard InChI is InChI=1S/C16H25NO2/c1-3-4-6-9-13(2)17-12-15(16(18)19)14-10-7-5-8-11-14/h5,7-8,10-11,13,15,17H,3-4,6,9,12H2,1-2H3,(H,18,19). The van der Waals surface area contributed by atoms with Gasteiger partial charge in [-0.2, -0.15) is 0 Å². The smallest absolute Gasteiger partial charge is 0.312 e. The average Bonchev–Trinajstić information content (AvgIpc) is 2.40. The van der Waals surface area contributed by atoms with Crippen LogP contribution in [0.2, 0.25) is 0 Å². The molecule has 0 aromatic heterocycles. The molecule has 1 aromatic carbocycles. The number of benzene rings is 1. The van der Waals surface area contributed by atoms with Gasteiger partial charge in [0, 0.05) is 12.6 Å². The summed E-state index contributed by atoms with van der Waals surface area (Å²) >= 11 is 0. The predicted molar refractivity (Wildman–Crippen MR) is 78.4 cm³/mol. The van der Waals surface area contributed by atoms with E-state index in [2.05, 4.69) is 19.2 Å². The Morgan fingerprint density at radius 1 is 1.26 bits per heavy atom. The first-order valence-electron chi connectivity index (χ1n) is 7.16. The fourth-order valence-electron chi connectivity index (χ4n) is 2.15. The first-order chi connectivity index (χ1) is 9.15. The van der Waals surface area contributed by atoms with E-state index in [0.717, 1.165) is 12.0 Å². The molecule has 19 heavy (non-hydrogen) atoms. The minimum absolute atomic E-state index is 0.372. The lowest BCUT2D eigenvalue weighted by Gasteiger charge is -2.18. The third-order valence-electron chi connectivity index (χ3n) is 3.41. The van der Waals surface area contributed by atoms with E-state index in [4.69, 9.17) is 0 Å². The number of rotatable bonds is 9. The van der Waals surface area contributed by atoms with Crippen LogP contribution in [0.3, 0.4) is 0 Å². The molecule has 3 nitrogen and oxygen atoms in total. The van der Waals surface area contributed by atoms with E-state index in [1.54, 1.807) is 0 Å². The molecule has 0 heterocycles. The highest BCUT2D eigenvalue weighted by Crippen LogP contribution is 2.15. The van der Waals surface area contributed by atoms with E-state index in [9.17, 15) is 9.90 Å². The molecule has 1 aromatic rings. The Morgan fingerprint density at radius 2 is 1.95 bits per heavy atom. The summed E-state index contributed by atoms with van der Waals surface area (Å²) < 4.78 is 0. The number of carboxylic acid groups (broad SMARTS) is 1. The van der Waals surface area contributed by atoms with Gasteiger partial charge in [0.15, 0.2) is 0 Å². The summed E-state index contributed by atoms with van der Waals surface area (Å²) in [4.78, 5) is 11.3. The van der Waals surface area contributed by atoms with Crippen LogP contribution in [-0.4, -0.2) is 23.7 Å². The minimum atomic E-state index is -0.764. The molecule has 0 radical (unpaired) electrons. The monoisotopic (exact) mass is 263 g/mol. The number of unbranched alkanes of at least 4 members (excludes halogenated alkanes) is 2. The van der Waals surface area contributed by atoms with Crippen LogP contribution in [0.4, 0.5) is 0 Å². The SMILES string of the molecule is CCCCCC(C)NCC(C(=O)O)c1ccccc1. The number of aliphatic carboxylic acids is 1. The Balaban J connectivity index is 2.45. The highest BCUT2D eigenvalue weighted by atomic mass is 16.4. The summed E-state index contributed by atoms with van der Waals surface area (Å²) in [6.07, 6.45) is 4.77. The second-order valence-corrected chi connectivity index (χ2v) is 5.11. The van der Waals surface area contributed by atoms with Crippen molar-refractivity contribution in [3.05, 3.63) is 35.9 Å².